The molecule has 8 nitrogen and oxygen atoms in total. The first kappa shape index (κ1) is 21.6. The lowest BCUT2D eigenvalue weighted by Crippen LogP contribution is -2.20. The van der Waals surface area contributed by atoms with Gasteiger partial charge < -0.3 is 25.8 Å². The molecule has 166 valence electrons. The maximum absolute atomic E-state index is 12.4. The number of amides is 1. The van der Waals surface area contributed by atoms with Gasteiger partial charge in [-0.15, -0.1) is 0 Å². The van der Waals surface area contributed by atoms with Gasteiger partial charge in [-0.1, -0.05) is 24.3 Å². The lowest BCUT2D eigenvalue weighted by atomic mass is 10.1. The normalized spacial score (nSPS) is 10.3. The van der Waals surface area contributed by atoms with Gasteiger partial charge in [-0.3, -0.25) is 4.79 Å². The molecule has 0 saturated heterocycles. The highest BCUT2D eigenvalue weighted by atomic mass is 16.5. The van der Waals surface area contributed by atoms with E-state index in [0.29, 0.717) is 34.5 Å². The summed E-state index contributed by atoms with van der Waals surface area (Å²) in [6.07, 6.45) is 1.66. The monoisotopic (exact) mass is 441 g/mol. The second-order valence-corrected chi connectivity index (χ2v) is 7.08. The number of hydrogen-bond acceptors (Lipinski definition) is 7. The quantitative estimate of drug-likeness (QED) is 0.345. The van der Waals surface area contributed by atoms with Crippen molar-refractivity contribution in [1.82, 2.24) is 9.97 Å². The van der Waals surface area contributed by atoms with Crippen LogP contribution in [0.15, 0.2) is 85.1 Å². The number of anilines is 4. The number of nitrogens with two attached hydrogens (primary N) is 1. The first-order valence-electron chi connectivity index (χ1n) is 10.2. The summed E-state index contributed by atoms with van der Waals surface area (Å²) in [5.74, 6) is 1.27. The van der Waals surface area contributed by atoms with Crippen molar-refractivity contribution < 1.29 is 14.3 Å². The predicted molar refractivity (Wildman–Crippen MR) is 129 cm³/mol. The number of benzene rings is 3. The number of rotatable bonds is 8. The van der Waals surface area contributed by atoms with Crippen molar-refractivity contribution >= 4 is 28.9 Å². The van der Waals surface area contributed by atoms with E-state index in [2.05, 4.69) is 20.6 Å². The second kappa shape index (κ2) is 10.1. The Bertz CT molecular complexity index is 1250. The molecule has 8 heteroatoms. The van der Waals surface area contributed by atoms with Gasteiger partial charge in [0.25, 0.3) is 5.91 Å². The molecule has 0 radical (unpaired) electrons. The van der Waals surface area contributed by atoms with Crippen molar-refractivity contribution in [2.24, 2.45) is 0 Å². The Hall–Kier alpha value is -4.59. The Morgan fingerprint density at radius 2 is 1.85 bits per heavy atom. The third kappa shape index (κ3) is 5.76. The number of carbonyl (C=O) groups is 1. The number of methoxy groups -OCH3 is 1. The molecule has 1 aromatic heterocycles. The molecule has 0 atom stereocenters. The van der Waals surface area contributed by atoms with Crippen LogP contribution in [-0.4, -0.2) is 29.6 Å². The number of nitrogens with one attached hydrogen (secondary N) is 2. The summed E-state index contributed by atoms with van der Waals surface area (Å²) < 4.78 is 10.9. The van der Waals surface area contributed by atoms with Gasteiger partial charge in [0.2, 0.25) is 5.95 Å². The van der Waals surface area contributed by atoms with E-state index < -0.39 is 0 Å². The molecule has 4 N–H and O–H groups in total. The third-order valence-electron chi connectivity index (χ3n) is 4.68. The zero-order valence-corrected chi connectivity index (χ0v) is 18.0. The maximum Gasteiger partial charge on any atom is 0.262 e. The molecule has 1 amide bonds. The Balaban J connectivity index is 1.50. The van der Waals surface area contributed by atoms with Crippen LogP contribution in [0, 0.1) is 0 Å². The molecule has 0 aliphatic carbocycles. The molecular weight excluding hydrogens is 418 g/mol. The predicted octanol–water partition coefficient (Wildman–Crippen LogP) is 4.50. The van der Waals surface area contributed by atoms with Crippen LogP contribution in [0.25, 0.3) is 11.3 Å². The van der Waals surface area contributed by atoms with Gasteiger partial charge in [0.1, 0.15) is 11.5 Å². The van der Waals surface area contributed by atoms with Crippen LogP contribution in [0.3, 0.4) is 0 Å². The topological polar surface area (TPSA) is 111 Å². The van der Waals surface area contributed by atoms with Crippen molar-refractivity contribution in [2.75, 3.05) is 30.1 Å². The number of carbonyl (C=O) groups excluding carboxylic acids is 1. The summed E-state index contributed by atoms with van der Waals surface area (Å²) >= 11 is 0. The van der Waals surface area contributed by atoms with Crippen LogP contribution in [0.2, 0.25) is 0 Å². The number of nitrogen functional groups attached to an aromatic ring is 1. The van der Waals surface area contributed by atoms with Gasteiger partial charge in [0.05, 0.1) is 18.5 Å². The number of hydrogen-bond donors (Lipinski definition) is 3. The van der Waals surface area contributed by atoms with E-state index in [-0.39, 0.29) is 12.5 Å². The van der Waals surface area contributed by atoms with Crippen molar-refractivity contribution in [3.8, 4) is 22.8 Å². The molecule has 33 heavy (non-hydrogen) atoms. The minimum atomic E-state index is -0.305. The lowest BCUT2D eigenvalue weighted by molar-refractivity contribution is -0.118. The second-order valence-electron chi connectivity index (χ2n) is 7.08. The van der Waals surface area contributed by atoms with E-state index in [9.17, 15) is 4.79 Å². The molecule has 0 aliphatic rings. The fourth-order valence-corrected chi connectivity index (χ4v) is 3.14. The molecule has 0 bridgehead atoms. The molecule has 0 spiro atoms. The van der Waals surface area contributed by atoms with Crippen LogP contribution in [0.1, 0.15) is 0 Å². The minimum Gasteiger partial charge on any atom is -0.495 e. The van der Waals surface area contributed by atoms with Crippen LogP contribution in [0.5, 0.6) is 11.5 Å². The van der Waals surface area contributed by atoms with Gasteiger partial charge >= 0.3 is 0 Å². The Kier molecular flexibility index (Phi) is 6.65. The largest absolute Gasteiger partial charge is 0.495 e. The number of para-hydroxylation sites is 1. The molecule has 0 aliphatic heterocycles. The van der Waals surface area contributed by atoms with Crippen LogP contribution >= 0.6 is 0 Å². The first-order valence-corrected chi connectivity index (χ1v) is 10.2. The Labute approximate surface area is 191 Å². The summed E-state index contributed by atoms with van der Waals surface area (Å²) in [5, 5.41) is 5.98. The summed E-state index contributed by atoms with van der Waals surface area (Å²) in [6, 6.07) is 23.7. The van der Waals surface area contributed by atoms with Crippen molar-refractivity contribution in [3.05, 3.63) is 85.1 Å². The summed E-state index contributed by atoms with van der Waals surface area (Å²) in [5.41, 5.74) is 9.24. The Morgan fingerprint density at radius 1 is 1.00 bits per heavy atom. The summed E-state index contributed by atoms with van der Waals surface area (Å²) in [4.78, 5) is 21.3. The van der Waals surface area contributed by atoms with Gasteiger partial charge in [-0.25, -0.2) is 9.97 Å². The first-order chi connectivity index (χ1) is 16.1. The maximum atomic E-state index is 12.4. The number of ether oxygens (including phenoxy) is 2. The fourth-order valence-electron chi connectivity index (χ4n) is 3.14. The highest BCUT2D eigenvalue weighted by Gasteiger charge is 2.12. The highest BCUT2D eigenvalue weighted by Crippen LogP contribution is 2.30. The average molecular weight is 441 g/mol. The van der Waals surface area contributed by atoms with Crippen LogP contribution < -0.4 is 25.8 Å². The molecule has 3 aromatic carbocycles. The molecular formula is C25H23N5O3. The summed E-state index contributed by atoms with van der Waals surface area (Å²) in [6.45, 7) is -0.126. The minimum absolute atomic E-state index is 0.126. The zero-order chi connectivity index (χ0) is 23.0. The molecule has 4 rings (SSSR count). The standard InChI is InChI=1S/C25H23N5O3/c1-32-23-11-10-17(14-22(23)29-24(31)16-33-20-8-3-2-4-9-20)21-12-13-27-25(30-21)28-19-7-5-6-18(26)15-19/h2-15H,16,26H2,1H3,(H,29,31)(H,27,28,30). The van der Waals surface area contributed by atoms with Crippen LogP contribution in [-0.2, 0) is 4.79 Å². The number of nitrogens with zero attached hydrogens (tertiary/aromatic N) is 2. The highest BCUT2D eigenvalue weighted by molar-refractivity contribution is 5.94. The van der Waals surface area contributed by atoms with Gasteiger partial charge in [-0.05, 0) is 54.6 Å². The molecule has 4 aromatic rings. The van der Waals surface area contributed by atoms with E-state index in [1.807, 2.05) is 36.4 Å². The lowest BCUT2D eigenvalue weighted by Gasteiger charge is -2.13. The van der Waals surface area contributed by atoms with E-state index in [1.165, 1.54) is 0 Å². The fraction of sp³-hybridized carbons (Fsp3) is 0.0800. The van der Waals surface area contributed by atoms with Gasteiger partial charge in [-0.2, -0.15) is 0 Å². The van der Waals surface area contributed by atoms with E-state index >= 15 is 0 Å². The Morgan fingerprint density at radius 3 is 2.64 bits per heavy atom. The SMILES string of the molecule is COc1ccc(-c2ccnc(Nc3cccc(N)c3)n2)cc1NC(=O)COc1ccccc1. The van der Waals surface area contributed by atoms with Crippen molar-refractivity contribution in [2.45, 2.75) is 0 Å². The zero-order valence-electron chi connectivity index (χ0n) is 18.0. The van der Waals surface area contributed by atoms with E-state index in [4.69, 9.17) is 15.2 Å². The molecule has 0 unspecified atom stereocenters. The average Bonchev–Trinajstić information content (AvgIpc) is 2.83. The van der Waals surface area contributed by atoms with Crippen molar-refractivity contribution in [1.29, 1.82) is 0 Å². The molecule has 0 fully saturated rings. The smallest absolute Gasteiger partial charge is 0.262 e. The van der Waals surface area contributed by atoms with Crippen molar-refractivity contribution in [3.63, 3.8) is 0 Å². The van der Waals surface area contributed by atoms with Gasteiger partial charge in [0, 0.05) is 23.1 Å². The van der Waals surface area contributed by atoms with E-state index in [0.717, 1.165) is 11.3 Å². The van der Waals surface area contributed by atoms with E-state index in [1.54, 1.807) is 55.8 Å². The summed E-state index contributed by atoms with van der Waals surface area (Å²) in [7, 11) is 1.55. The molecule has 0 saturated carbocycles. The molecule has 1 heterocycles. The number of aromatic nitrogens is 2. The van der Waals surface area contributed by atoms with Crippen LogP contribution in [0.4, 0.5) is 23.0 Å². The third-order valence-corrected chi connectivity index (χ3v) is 4.68. The van der Waals surface area contributed by atoms with Gasteiger partial charge in [0.15, 0.2) is 6.61 Å².